The molecule has 0 aromatic heterocycles. The van der Waals surface area contributed by atoms with Crippen molar-refractivity contribution in [2.45, 2.75) is 12.7 Å². The van der Waals surface area contributed by atoms with E-state index in [1.165, 1.54) is 16.8 Å². The molecular formula is C15H16N2O. The number of hydrogen-bond donors (Lipinski definition) is 2. The third-order valence-electron chi connectivity index (χ3n) is 3.26. The van der Waals surface area contributed by atoms with Crippen LogP contribution in [0.3, 0.4) is 0 Å². The first-order chi connectivity index (χ1) is 8.86. The van der Waals surface area contributed by atoms with Crippen LogP contribution in [0.4, 0.5) is 5.69 Å². The van der Waals surface area contributed by atoms with Crippen molar-refractivity contribution in [3.05, 3.63) is 59.7 Å². The summed E-state index contributed by atoms with van der Waals surface area (Å²) in [6, 6.07) is 16.5. The second kappa shape index (κ2) is 4.70. The van der Waals surface area contributed by atoms with Crippen LogP contribution >= 0.6 is 0 Å². The Bertz CT molecular complexity index is 536. The van der Waals surface area contributed by atoms with E-state index in [2.05, 4.69) is 47.0 Å². The summed E-state index contributed by atoms with van der Waals surface area (Å²) in [5.74, 6) is 0.884. The molecule has 0 bridgehead atoms. The largest absolute Gasteiger partial charge is 0.497 e. The summed E-state index contributed by atoms with van der Waals surface area (Å²) in [5, 5.41) is 6.98. The van der Waals surface area contributed by atoms with Crippen LogP contribution in [-0.4, -0.2) is 7.11 Å². The standard InChI is InChI=1S/C15H16N2O/c1-18-13-8-6-11(7-9-13)15-16-10-12-4-2-3-5-14(12)17-15/h2-9,15-17H,10H2,1H3. The smallest absolute Gasteiger partial charge is 0.118 e. The predicted octanol–water partition coefficient (Wildman–Crippen LogP) is 2.91. The van der Waals surface area contributed by atoms with Gasteiger partial charge in [-0.05, 0) is 29.3 Å². The topological polar surface area (TPSA) is 33.3 Å². The van der Waals surface area contributed by atoms with E-state index in [-0.39, 0.29) is 6.17 Å². The van der Waals surface area contributed by atoms with Crippen LogP contribution in [-0.2, 0) is 6.54 Å². The molecule has 0 fully saturated rings. The first kappa shape index (κ1) is 11.1. The molecule has 0 spiro atoms. The molecule has 1 atom stereocenters. The van der Waals surface area contributed by atoms with Gasteiger partial charge in [-0.3, -0.25) is 5.32 Å². The molecule has 2 aromatic carbocycles. The lowest BCUT2D eigenvalue weighted by Gasteiger charge is -2.28. The van der Waals surface area contributed by atoms with Gasteiger partial charge in [-0.15, -0.1) is 0 Å². The van der Waals surface area contributed by atoms with Crippen molar-refractivity contribution < 1.29 is 4.74 Å². The highest BCUT2D eigenvalue weighted by molar-refractivity contribution is 5.54. The molecule has 0 radical (unpaired) electrons. The van der Waals surface area contributed by atoms with Crippen LogP contribution in [0.1, 0.15) is 17.3 Å². The van der Waals surface area contributed by atoms with Gasteiger partial charge in [0.15, 0.2) is 0 Å². The summed E-state index contributed by atoms with van der Waals surface area (Å²) < 4.78 is 5.17. The van der Waals surface area contributed by atoms with Crippen LogP contribution in [0.5, 0.6) is 5.75 Å². The van der Waals surface area contributed by atoms with Crippen LogP contribution in [0.15, 0.2) is 48.5 Å². The van der Waals surface area contributed by atoms with Crippen LogP contribution in [0.2, 0.25) is 0 Å². The fourth-order valence-electron chi connectivity index (χ4n) is 2.23. The Morgan fingerprint density at radius 1 is 1.06 bits per heavy atom. The fraction of sp³-hybridized carbons (Fsp3) is 0.200. The summed E-state index contributed by atoms with van der Waals surface area (Å²) in [6.07, 6.45) is 0.158. The Kier molecular flexibility index (Phi) is 2.90. The van der Waals surface area contributed by atoms with Crippen LogP contribution in [0.25, 0.3) is 0 Å². The summed E-state index contributed by atoms with van der Waals surface area (Å²) in [6.45, 7) is 0.889. The molecule has 18 heavy (non-hydrogen) atoms. The number of hydrogen-bond acceptors (Lipinski definition) is 3. The molecular weight excluding hydrogens is 224 g/mol. The van der Waals surface area contributed by atoms with E-state index in [1.807, 2.05) is 12.1 Å². The van der Waals surface area contributed by atoms with E-state index in [1.54, 1.807) is 7.11 Å². The molecule has 3 rings (SSSR count). The first-order valence-electron chi connectivity index (χ1n) is 6.08. The van der Waals surface area contributed by atoms with E-state index < -0.39 is 0 Å². The molecule has 1 heterocycles. The zero-order valence-electron chi connectivity index (χ0n) is 10.3. The second-order valence-electron chi connectivity index (χ2n) is 4.39. The number of fused-ring (bicyclic) bond motifs is 1. The lowest BCUT2D eigenvalue weighted by atomic mass is 10.1. The number of para-hydroxylation sites is 1. The highest BCUT2D eigenvalue weighted by atomic mass is 16.5. The Morgan fingerprint density at radius 3 is 2.61 bits per heavy atom. The molecule has 3 nitrogen and oxygen atoms in total. The van der Waals surface area contributed by atoms with Crippen molar-refractivity contribution in [2.75, 3.05) is 12.4 Å². The molecule has 0 saturated carbocycles. The summed E-state index contributed by atoms with van der Waals surface area (Å²) in [7, 11) is 1.68. The van der Waals surface area contributed by atoms with E-state index in [0.29, 0.717) is 0 Å². The van der Waals surface area contributed by atoms with E-state index >= 15 is 0 Å². The van der Waals surface area contributed by atoms with Crippen molar-refractivity contribution in [3.8, 4) is 5.75 Å². The predicted molar refractivity (Wildman–Crippen MR) is 72.6 cm³/mol. The van der Waals surface area contributed by atoms with Crippen molar-refractivity contribution in [1.29, 1.82) is 0 Å². The fourth-order valence-corrected chi connectivity index (χ4v) is 2.23. The summed E-state index contributed by atoms with van der Waals surface area (Å²) >= 11 is 0. The second-order valence-corrected chi connectivity index (χ2v) is 4.39. The first-order valence-corrected chi connectivity index (χ1v) is 6.08. The van der Waals surface area contributed by atoms with Gasteiger partial charge in [0.1, 0.15) is 11.9 Å². The lowest BCUT2D eigenvalue weighted by Crippen LogP contribution is -2.32. The van der Waals surface area contributed by atoms with Gasteiger partial charge in [0.25, 0.3) is 0 Å². The Morgan fingerprint density at radius 2 is 1.83 bits per heavy atom. The quantitative estimate of drug-likeness (QED) is 0.846. The van der Waals surface area contributed by atoms with E-state index in [4.69, 9.17) is 4.74 Å². The van der Waals surface area contributed by atoms with Crippen molar-refractivity contribution in [1.82, 2.24) is 5.32 Å². The molecule has 2 aromatic rings. The van der Waals surface area contributed by atoms with Gasteiger partial charge in [-0.2, -0.15) is 0 Å². The third kappa shape index (κ3) is 2.05. The molecule has 1 aliphatic rings. The molecule has 1 aliphatic heterocycles. The maximum Gasteiger partial charge on any atom is 0.118 e. The maximum absolute atomic E-state index is 5.17. The van der Waals surface area contributed by atoms with Gasteiger partial charge in [0.2, 0.25) is 0 Å². The summed E-state index contributed by atoms with van der Waals surface area (Å²) in [5.41, 5.74) is 3.73. The number of anilines is 1. The Labute approximate surface area is 107 Å². The van der Waals surface area contributed by atoms with Gasteiger partial charge < -0.3 is 10.1 Å². The lowest BCUT2D eigenvalue weighted by molar-refractivity contribution is 0.414. The van der Waals surface area contributed by atoms with Gasteiger partial charge in [0.05, 0.1) is 7.11 Å². The zero-order valence-corrected chi connectivity index (χ0v) is 10.3. The average Bonchev–Trinajstić information content (AvgIpc) is 2.47. The minimum absolute atomic E-state index is 0.158. The minimum Gasteiger partial charge on any atom is -0.497 e. The van der Waals surface area contributed by atoms with Crippen molar-refractivity contribution in [2.24, 2.45) is 0 Å². The number of methoxy groups -OCH3 is 1. The minimum atomic E-state index is 0.158. The zero-order chi connectivity index (χ0) is 12.4. The van der Waals surface area contributed by atoms with Gasteiger partial charge in [-0.1, -0.05) is 30.3 Å². The number of rotatable bonds is 2. The highest BCUT2D eigenvalue weighted by Gasteiger charge is 2.17. The molecule has 92 valence electrons. The van der Waals surface area contributed by atoms with Crippen molar-refractivity contribution >= 4 is 5.69 Å². The number of benzene rings is 2. The van der Waals surface area contributed by atoms with Crippen LogP contribution in [0, 0.1) is 0 Å². The Hall–Kier alpha value is -2.00. The normalized spacial score (nSPS) is 17.7. The third-order valence-corrected chi connectivity index (χ3v) is 3.26. The van der Waals surface area contributed by atoms with Gasteiger partial charge in [-0.25, -0.2) is 0 Å². The van der Waals surface area contributed by atoms with E-state index in [0.717, 1.165) is 12.3 Å². The van der Waals surface area contributed by atoms with Crippen LogP contribution < -0.4 is 15.4 Å². The average molecular weight is 240 g/mol. The SMILES string of the molecule is COc1ccc(C2NCc3ccccc3N2)cc1. The molecule has 0 aliphatic carbocycles. The molecule has 0 amide bonds. The molecule has 1 unspecified atom stereocenters. The number of nitrogens with one attached hydrogen (secondary N) is 2. The van der Waals surface area contributed by atoms with E-state index in [9.17, 15) is 0 Å². The molecule has 2 N–H and O–H groups in total. The maximum atomic E-state index is 5.17. The number of ether oxygens (including phenoxy) is 1. The monoisotopic (exact) mass is 240 g/mol. The van der Waals surface area contributed by atoms with Gasteiger partial charge in [0, 0.05) is 12.2 Å². The van der Waals surface area contributed by atoms with Gasteiger partial charge >= 0.3 is 0 Å². The van der Waals surface area contributed by atoms with Crippen molar-refractivity contribution in [3.63, 3.8) is 0 Å². The molecule has 3 heteroatoms. The Balaban J connectivity index is 1.82. The summed E-state index contributed by atoms with van der Waals surface area (Å²) in [4.78, 5) is 0. The highest BCUT2D eigenvalue weighted by Crippen LogP contribution is 2.26. The molecule has 0 saturated heterocycles.